The summed E-state index contributed by atoms with van der Waals surface area (Å²) in [6, 6.07) is 1.08. The molecule has 1 aliphatic rings. The molecule has 3 N–H and O–H groups in total. The minimum Gasteiger partial charge on any atom is -0.328 e. The van der Waals surface area contributed by atoms with Gasteiger partial charge in [-0.2, -0.15) is 0 Å². The third-order valence-corrected chi connectivity index (χ3v) is 3.09. The van der Waals surface area contributed by atoms with Crippen LogP contribution in [0.25, 0.3) is 0 Å². The summed E-state index contributed by atoms with van der Waals surface area (Å²) < 4.78 is 0. The zero-order valence-corrected chi connectivity index (χ0v) is 10.7. The molecule has 3 heteroatoms. The van der Waals surface area contributed by atoms with E-state index in [0.717, 1.165) is 19.5 Å². The highest BCUT2D eigenvalue weighted by atomic mass is 15.1. The van der Waals surface area contributed by atoms with E-state index >= 15 is 0 Å². The predicted octanol–water partition coefficient (Wildman–Crippen LogP) is 1.04. The molecule has 2 atom stereocenters. The highest BCUT2D eigenvalue weighted by Crippen LogP contribution is 2.20. The van der Waals surface area contributed by atoms with Crippen LogP contribution in [0.2, 0.25) is 0 Å². The lowest BCUT2D eigenvalue weighted by Crippen LogP contribution is -2.41. The molecule has 15 heavy (non-hydrogen) atoms. The van der Waals surface area contributed by atoms with Crippen LogP contribution in [0.4, 0.5) is 0 Å². The normalized spacial score (nSPS) is 27.6. The molecule has 0 aromatic rings. The zero-order valence-electron chi connectivity index (χ0n) is 10.7. The highest BCUT2D eigenvalue weighted by molar-refractivity contribution is 4.85. The van der Waals surface area contributed by atoms with Crippen molar-refractivity contribution in [3.05, 3.63) is 0 Å². The highest BCUT2D eigenvalue weighted by Gasteiger charge is 2.24. The van der Waals surface area contributed by atoms with Crippen LogP contribution in [0.15, 0.2) is 0 Å². The fourth-order valence-electron chi connectivity index (χ4n) is 2.53. The van der Waals surface area contributed by atoms with E-state index in [-0.39, 0.29) is 0 Å². The van der Waals surface area contributed by atoms with Gasteiger partial charge < -0.3 is 16.0 Å². The number of hydrogen-bond donors (Lipinski definition) is 2. The molecule has 0 radical (unpaired) electrons. The first kappa shape index (κ1) is 12.9. The van der Waals surface area contributed by atoms with Crippen molar-refractivity contribution in [1.29, 1.82) is 0 Å². The van der Waals surface area contributed by atoms with E-state index in [1.165, 1.54) is 12.8 Å². The summed E-state index contributed by atoms with van der Waals surface area (Å²) in [7, 11) is 4.26. The topological polar surface area (TPSA) is 41.3 Å². The van der Waals surface area contributed by atoms with E-state index in [9.17, 15) is 0 Å². The van der Waals surface area contributed by atoms with Gasteiger partial charge in [-0.1, -0.05) is 13.8 Å². The summed E-state index contributed by atoms with van der Waals surface area (Å²) in [5.74, 6) is 0. The smallest absolute Gasteiger partial charge is 0.00826 e. The monoisotopic (exact) mass is 213 g/mol. The molecule has 1 saturated carbocycles. The minimum atomic E-state index is 0.343. The van der Waals surface area contributed by atoms with Crippen LogP contribution >= 0.6 is 0 Å². The lowest BCUT2D eigenvalue weighted by atomic mass is 9.92. The van der Waals surface area contributed by atoms with Crippen molar-refractivity contribution >= 4 is 0 Å². The van der Waals surface area contributed by atoms with Gasteiger partial charge in [0.2, 0.25) is 0 Å². The van der Waals surface area contributed by atoms with Gasteiger partial charge in [-0.25, -0.2) is 0 Å². The van der Waals surface area contributed by atoms with Gasteiger partial charge in [0.25, 0.3) is 0 Å². The van der Waals surface area contributed by atoms with E-state index < -0.39 is 0 Å². The summed E-state index contributed by atoms with van der Waals surface area (Å²) in [5, 5.41) is 3.65. The summed E-state index contributed by atoms with van der Waals surface area (Å²) in [6.45, 7) is 6.84. The Morgan fingerprint density at radius 1 is 1.33 bits per heavy atom. The van der Waals surface area contributed by atoms with E-state index in [0.29, 0.717) is 17.5 Å². The first-order valence-electron chi connectivity index (χ1n) is 6.03. The second-order valence-electron chi connectivity index (χ2n) is 6.05. The van der Waals surface area contributed by atoms with Gasteiger partial charge in [0, 0.05) is 25.2 Å². The molecule has 1 aliphatic carbocycles. The Bertz CT molecular complexity index is 189. The molecule has 0 saturated heterocycles. The van der Waals surface area contributed by atoms with Gasteiger partial charge in [-0.3, -0.25) is 0 Å². The predicted molar refractivity (Wildman–Crippen MR) is 66.0 cm³/mol. The summed E-state index contributed by atoms with van der Waals surface area (Å²) in [6.07, 6.45) is 3.59. The molecule has 0 aromatic carbocycles. The SMILES string of the molecule is CN(C)CC(C)(C)CNC1CCC(N)C1. The molecule has 1 rings (SSSR count). The molecule has 90 valence electrons. The van der Waals surface area contributed by atoms with Crippen molar-refractivity contribution in [2.24, 2.45) is 11.1 Å². The number of nitrogens with two attached hydrogens (primary N) is 1. The average Bonchev–Trinajstić information content (AvgIpc) is 2.46. The maximum atomic E-state index is 5.90. The Morgan fingerprint density at radius 3 is 2.47 bits per heavy atom. The standard InChI is InChI=1S/C12H27N3/c1-12(2,9-15(3)4)8-14-11-6-5-10(13)7-11/h10-11,14H,5-9,13H2,1-4H3. The van der Waals surface area contributed by atoms with E-state index in [1.54, 1.807) is 0 Å². The van der Waals surface area contributed by atoms with Gasteiger partial charge in [0.1, 0.15) is 0 Å². The van der Waals surface area contributed by atoms with Crippen molar-refractivity contribution in [3.63, 3.8) is 0 Å². The molecule has 0 bridgehead atoms. The Labute approximate surface area is 94.4 Å². The van der Waals surface area contributed by atoms with Crippen LogP contribution in [0, 0.1) is 5.41 Å². The van der Waals surface area contributed by atoms with Crippen LogP contribution in [0.3, 0.4) is 0 Å². The molecule has 0 heterocycles. The van der Waals surface area contributed by atoms with Crippen LogP contribution in [0.1, 0.15) is 33.1 Å². The van der Waals surface area contributed by atoms with Gasteiger partial charge in [0.05, 0.1) is 0 Å². The fraction of sp³-hybridized carbons (Fsp3) is 1.00. The molecule has 0 amide bonds. The van der Waals surface area contributed by atoms with Gasteiger partial charge in [-0.15, -0.1) is 0 Å². The Kier molecular flexibility index (Phi) is 4.56. The molecule has 0 spiro atoms. The fourth-order valence-corrected chi connectivity index (χ4v) is 2.53. The van der Waals surface area contributed by atoms with Crippen molar-refractivity contribution in [1.82, 2.24) is 10.2 Å². The molecular weight excluding hydrogens is 186 g/mol. The number of hydrogen-bond acceptors (Lipinski definition) is 3. The first-order chi connectivity index (χ1) is 6.89. The van der Waals surface area contributed by atoms with Gasteiger partial charge in [-0.05, 0) is 38.8 Å². The third-order valence-electron chi connectivity index (χ3n) is 3.09. The Balaban J connectivity index is 2.23. The third kappa shape index (κ3) is 4.96. The lowest BCUT2D eigenvalue weighted by Gasteiger charge is -2.30. The summed E-state index contributed by atoms with van der Waals surface area (Å²) in [4.78, 5) is 2.25. The van der Waals surface area contributed by atoms with E-state index in [2.05, 4.69) is 38.2 Å². The van der Waals surface area contributed by atoms with Gasteiger partial charge >= 0.3 is 0 Å². The average molecular weight is 213 g/mol. The molecule has 1 fully saturated rings. The molecular formula is C12H27N3. The molecule has 0 aliphatic heterocycles. The minimum absolute atomic E-state index is 0.343. The maximum absolute atomic E-state index is 5.90. The Morgan fingerprint density at radius 2 is 2.00 bits per heavy atom. The van der Waals surface area contributed by atoms with Crippen LogP contribution < -0.4 is 11.1 Å². The van der Waals surface area contributed by atoms with Crippen molar-refractivity contribution in [3.8, 4) is 0 Å². The number of nitrogens with one attached hydrogen (secondary N) is 1. The van der Waals surface area contributed by atoms with Crippen molar-refractivity contribution < 1.29 is 0 Å². The quantitative estimate of drug-likeness (QED) is 0.717. The summed E-state index contributed by atoms with van der Waals surface area (Å²) in [5.41, 5.74) is 6.24. The van der Waals surface area contributed by atoms with Crippen molar-refractivity contribution in [2.75, 3.05) is 27.2 Å². The largest absolute Gasteiger partial charge is 0.328 e. The lowest BCUT2D eigenvalue weighted by molar-refractivity contribution is 0.225. The number of nitrogens with zero attached hydrogens (tertiary/aromatic N) is 1. The zero-order chi connectivity index (χ0) is 11.5. The van der Waals surface area contributed by atoms with Crippen molar-refractivity contribution in [2.45, 2.75) is 45.2 Å². The van der Waals surface area contributed by atoms with Crippen LogP contribution in [0.5, 0.6) is 0 Å². The molecule has 2 unspecified atom stereocenters. The molecule has 0 aromatic heterocycles. The Hall–Kier alpha value is -0.120. The van der Waals surface area contributed by atoms with Crippen LogP contribution in [-0.4, -0.2) is 44.2 Å². The maximum Gasteiger partial charge on any atom is 0.00826 e. The van der Waals surface area contributed by atoms with Gasteiger partial charge in [0.15, 0.2) is 0 Å². The van der Waals surface area contributed by atoms with E-state index in [1.807, 2.05) is 0 Å². The van der Waals surface area contributed by atoms with Crippen LogP contribution in [-0.2, 0) is 0 Å². The second-order valence-corrected chi connectivity index (χ2v) is 6.05. The first-order valence-corrected chi connectivity index (χ1v) is 6.03. The summed E-state index contributed by atoms with van der Waals surface area (Å²) >= 11 is 0. The second kappa shape index (κ2) is 5.28. The molecule has 3 nitrogen and oxygen atoms in total. The number of rotatable bonds is 5. The van der Waals surface area contributed by atoms with E-state index in [4.69, 9.17) is 5.73 Å².